The molecule has 1 saturated heterocycles. The number of oxime groups is 1. The Hall–Kier alpha value is -3.47. The van der Waals surface area contributed by atoms with E-state index in [9.17, 15) is 27.6 Å². The molecule has 1 atom stereocenters. The number of nitrogens with two attached hydrogens (primary N) is 2. The van der Waals surface area contributed by atoms with Gasteiger partial charge in [0.05, 0.1) is 6.54 Å². The van der Waals surface area contributed by atoms with Crippen molar-refractivity contribution in [2.45, 2.75) is 6.04 Å². The Balaban J connectivity index is 1.98. The third-order valence-electron chi connectivity index (χ3n) is 3.10. The minimum absolute atomic E-state index is 0.117. The van der Waals surface area contributed by atoms with Crippen LogP contribution >= 0.6 is 11.3 Å². The highest BCUT2D eigenvalue weighted by Crippen LogP contribution is 2.14. The van der Waals surface area contributed by atoms with Crippen LogP contribution in [0, 0.1) is 0 Å². The summed E-state index contributed by atoms with van der Waals surface area (Å²) in [6.07, 6.45) is 0. The van der Waals surface area contributed by atoms with E-state index < -0.39 is 40.1 Å². The number of carbonyl (C=O) groups excluding carboxylic acids is 4. The number of hydrogen-bond donors (Lipinski definition) is 5. The largest absolute Gasteiger partial charge is 0.398 e. The van der Waals surface area contributed by atoms with E-state index in [0.29, 0.717) is 4.90 Å². The number of nitrogen functional groups attached to an aromatic ring is 1. The summed E-state index contributed by atoms with van der Waals surface area (Å²) in [4.78, 5) is 55.6. The fraction of sp³-hybridized carbons (Fsp3) is 0.273. The van der Waals surface area contributed by atoms with Crippen LogP contribution in [0.2, 0.25) is 0 Å². The molecule has 6 amide bonds. The first-order chi connectivity index (χ1) is 13.0. The average molecular weight is 434 g/mol. The molecule has 28 heavy (non-hydrogen) atoms. The van der Waals surface area contributed by atoms with Crippen molar-refractivity contribution in [3.8, 4) is 0 Å². The Morgan fingerprint density at radius 2 is 2.07 bits per heavy atom. The highest BCUT2D eigenvalue weighted by atomic mass is 32.2. The van der Waals surface area contributed by atoms with Crippen LogP contribution in [0.4, 0.5) is 14.7 Å². The van der Waals surface area contributed by atoms with Gasteiger partial charge in [0.2, 0.25) is 0 Å². The molecule has 1 aliphatic heterocycles. The predicted molar refractivity (Wildman–Crippen MR) is 93.9 cm³/mol. The van der Waals surface area contributed by atoms with Gasteiger partial charge in [-0.3, -0.25) is 14.5 Å². The minimum atomic E-state index is -4.58. The first-order valence-corrected chi connectivity index (χ1v) is 9.49. The number of primary amides is 1. The fourth-order valence-electron chi connectivity index (χ4n) is 1.96. The molecule has 0 bridgehead atoms. The molecule has 2 rings (SSSR count). The second-order valence-electron chi connectivity index (χ2n) is 5.05. The van der Waals surface area contributed by atoms with Crippen LogP contribution in [0.5, 0.6) is 0 Å². The topological polar surface area (TPSA) is 228 Å². The smallest absolute Gasteiger partial charge is 0.339 e. The lowest BCUT2D eigenvalue weighted by Crippen LogP contribution is -2.68. The lowest BCUT2D eigenvalue weighted by atomic mass is 10.1. The van der Waals surface area contributed by atoms with Gasteiger partial charge in [0, 0.05) is 5.38 Å². The molecule has 2 heterocycles. The molecule has 15 nitrogen and oxygen atoms in total. The van der Waals surface area contributed by atoms with Crippen LogP contribution in [0.25, 0.3) is 0 Å². The van der Waals surface area contributed by atoms with Gasteiger partial charge < -0.3 is 21.6 Å². The highest BCUT2D eigenvalue weighted by molar-refractivity contribution is 7.88. The summed E-state index contributed by atoms with van der Waals surface area (Å²) < 4.78 is 25.5. The summed E-state index contributed by atoms with van der Waals surface area (Å²) in [5.74, 6) is -1.72. The van der Waals surface area contributed by atoms with Crippen molar-refractivity contribution >= 4 is 56.3 Å². The zero-order valence-electron chi connectivity index (χ0n) is 14.0. The Morgan fingerprint density at radius 3 is 2.57 bits per heavy atom. The van der Waals surface area contributed by atoms with Crippen molar-refractivity contribution in [1.82, 2.24) is 24.6 Å². The van der Waals surface area contributed by atoms with Crippen LogP contribution < -0.4 is 26.2 Å². The molecular formula is C11H14N8O7S2. The number of aromatic nitrogens is 1. The molecule has 1 aliphatic rings. The van der Waals surface area contributed by atoms with E-state index in [1.165, 1.54) is 21.9 Å². The maximum absolute atomic E-state index is 12.3. The first-order valence-electron chi connectivity index (χ1n) is 7.12. The summed E-state index contributed by atoms with van der Waals surface area (Å²) in [6, 6.07) is -3.88. The van der Waals surface area contributed by atoms with Gasteiger partial charge in [0.15, 0.2) is 10.8 Å². The SMILES string of the molecule is CON=C(C(=O)N[C@H]1CN(C(=O)NS(=O)(=O)NC(N)=O)C1=O)c1csc(N)n1. The molecule has 7 N–H and O–H groups in total. The number of carbonyl (C=O) groups is 4. The molecule has 17 heteroatoms. The highest BCUT2D eigenvalue weighted by Gasteiger charge is 2.43. The number of hydrogen-bond acceptors (Lipinski definition) is 11. The van der Waals surface area contributed by atoms with E-state index in [1.807, 2.05) is 0 Å². The number of urea groups is 2. The second kappa shape index (κ2) is 8.05. The zero-order chi connectivity index (χ0) is 21.1. The second-order valence-corrected chi connectivity index (χ2v) is 7.35. The molecule has 0 spiro atoms. The summed E-state index contributed by atoms with van der Waals surface area (Å²) in [6.45, 7) is -0.331. The molecule has 0 aromatic carbocycles. The van der Waals surface area contributed by atoms with Gasteiger partial charge in [-0.15, -0.1) is 11.3 Å². The number of rotatable bonds is 6. The van der Waals surface area contributed by atoms with Crippen molar-refractivity contribution < 1.29 is 32.4 Å². The van der Waals surface area contributed by atoms with E-state index in [-0.39, 0.29) is 23.1 Å². The van der Waals surface area contributed by atoms with Crippen LogP contribution in [-0.4, -0.2) is 67.6 Å². The van der Waals surface area contributed by atoms with Gasteiger partial charge in [0.1, 0.15) is 18.8 Å². The van der Waals surface area contributed by atoms with Crippen molar-refractivity contribution in [3.63, 3.8) is 0 Å². The molecule has 0 aliphatic carbocycles. The molecule has 0 radical (unpaired) electrons. The number of nitrogens with one attached hydrogen (secondary N) is 3. The molecule has 0 saturated carbocycles. The van der Waals surface area contributed by atoms with Crippen molar-refractivity contribution in [3.05, 3.63) is 11.1 Å². The summed E-state index contributed by atoms with van der Waals surface area (Å²) in [5.41, 5.74) is 10.0. The lowest BCUT2D eigenvalue weighted by molar-refractivity contribution is -0.141. The van der Waals surface area contributed by atoms with Crippen molar-refractivity contribution in [2.24, 2.45) is 10.9 Å². The number of thiazole rings is 1. The Bertz CT molecular complexity index is 956. The molecule has 1 aromatic rings. The normalized spacial score (nSPS) is 16.8. The van der Waals surface area contributed by atoms with Gasteiger partial charge in [-0.05, 0) is 0 Å². The van der Waals surface area contributed by atoms with Crippen LogP contribution in [0.1, 0.15) is 5.69 Å². The number of likely N-dealkylation sites (tertiary alicyclic amines) is 1. The maximum Gasteiger partial charge on any atom is 0.339 e. The van der Waals surface area contributed by atoms with Crippen LogP contribution in [0.3, 0.4) is 0 Å². The Labute approximate surface area is 161 Å². The molecule has 1 fully saturated rings. The fourth-order valence-corrected chi connectivity index (χ4v) is 3.17. The van der Waals surface area contributed by atoms with E-state index >= 15 is 0 Å². The Kier molecular flexibility index (Phi) is 5.99. The summed E-state index contributed by atoms with van der Waals surface area (Å²) >= 11 is 1.06. The summed E-state index contributed by atoms with van der Waals surface area (Å²) in [7, 11) is -3.38. The first kappa shape index (κ1) is 20.8. The maximum atomic E-state index is 12.3. The average Bonchev–Trinajstić information content (AvgIpc) is 2.99. The van der Waals surface area contributed by atoms with Gasteiger partial charge in [-0.2, -0.15) is 8.42 Å². The molecule has 1 aromatic heterocycles. The number of amides is 6. The van der Waals surface area contributed by atoms with Crippen LogP contribution in [-0.2, 0) is 24.6 Å². The number of imide groups is 1. The zero-order valence-corrected chi connectivity index (χ0v) is 15.7. The van der Waals surface area contributed by atoms with Gasteiger partial charge in [-0.25, -0.2) is 24.0 Å². The number of β-lactam (4-membered cyclic amide) rings is 1. The van der Waals surface area contributed by atoms with E-state index in [1.54, 1.807) is 0 Å². The standard InChI is InChI=1S/C11H14N8O7S2/c1-26-16-6(5-3-27-10(13)15-5)7(20)14-4-2-19(8(4)21)11(23)18-28(24,25)17-9(12)22/h3-4H,2H2,1H3,(H2,13,15)(H,14,20)(H,18,23)(H3,12,17,22)/t4-/m0/s1. The van der Waals surface area contributed by atoms with E-state index in [4.69, 9.17) is 5.73 Å². The van der Waals surface area contributed by atoms with Gasteiger partial charge >= 0.3 is 22.3 Å². The quantitative estimate of drug-likeness (QED) is 0.174. The molecular weight excluding hydrogens is 420 g/mol. The molecule has 0 unspecified atom stereocenters. The number of nitrogens with zero attached hydrogens (tertiary/aromatic N) is 3. The minimum Gasteiger partial charge on any atom is -0.398 e. The monoisotopic (exact) mass is 434 g/mol. The van der Waals surface area contributed by atoms with Crippen molar-refractivity contribution in [1.29, 1.82) is 0 Å². The van der Waals surface area contributed by atoms with Crippen molar-refractivity contribution in [2.75, 3.05) is 19.4 Å². The summed E-state index contributed by atoms with van der Waals surface area (Å²) in [5, 5.41) is 7.47. The van der Waals surface area contributed by atoms with E-state index in [0.717, 1.165) is 11.3 Å². The predicted octanol–water partition coefficient (Wildman–Crippen LogP) is -2.97. The van der Waals surface area contributed by atoms with E-state index in [2.05, 4.69) is 26.0 Å². The lowest BCUT2D eigenvalue weighted by Gasteiger charge is -2.36. The van der Waals surface area contributed by atoms with Gasteiger partial charge in [-0.1, -0.05) is 5.16 Å². The third-order valence-corrected chi connectivity index (χ3v) is 4.69. The third kappa shape index (κ3) is 4.82. The number of anilines is 1. The van der Waals surface area contributed by atoms with Gasteiger partial charge in [0.25, 0.3) is 11.8 Å². The molecule has 152 valence electrons. The van der Waals surface area contributed by atoms with Crippen LogP contribution in [0.15, 0.2) is 10.5 Å². The Morgan fingerprint density at radius 1 is 1.39 bits per heavy atom.